The number of fused-ring (bicyclic) bond motifs is 2. The fourth-order valence-corrected chi connectivity index (χ4v) is 3.82. The maximum atomic E-state index is 6.44. The minimum Gasteiger partial charge on any atom is -0.345 e. The summed E-state index contributed by atoms with van der Waals surface area (Å²) in [5.74, 6) is 0. The summed E-state index contributed by atoms with van der Waals surface area (Å²) in [5, 5.41) is 6.08. The molecule has 6 heteroatoms. The lowest BCUT2D eigenvalue weighted by Crippen LogP contribution is -2.31. The van der Waals surface area contributed by atoms with Crippen molar-refractivity contribution in [2.75, 3.05) is 0 Å². The Hall–Kier alpha value is -3.51. The van der Waals surface area contributed by atoms with Crippen LogP contribution in [0.5, 0.6) is 0 Å². The van der Waals surface area contributed by atoms with E-state index in [2.05, 4.69) is 39.2 Å². The van der Waals surface area contributed by atoms with Crippen LogP contribution < -0.4 is 5.73 Å². The molecule has 2 aromatic carbocycles. The molecule has 5 rings (SSSR count). The summed E-state index contributed by atoms with van der Waals surface area (Å²) in [5.41, 5.74) is 12.4. The molecule has 5 aromatic rings. The molecule has 6 nitrogen and oxygen atoms in total. The summed E-state index contributed by atoms with van der Waals surface area (Å²) < 4.78 is 2.05. The average molecular weight is 368 g/mol. The fourth-order valence-electron chi connectivity index (χ4n) is 3.82. The maximum Gasteiger partial charge on any atom is 0.100 e. The molecule has 0 spiro atoms. The number of H-pyrrole nitrogens is 1. The van der Waals surface area contributed by atoms with Crippen LogP contribution in [0.25, 0.3) is 33.2 Å². The molecular weight excluding hydrogens is 348 g/mol. The van der Waals surface area contributed by atoms with Gasteiger partial charge in [-0.15, -0.1) is 0 Å². The van der Waals surface area contributed by atoms with E-state index < -0.39 is 0 Å². The molecule has 2 unspecified atom stereocenters. The predicted molar refractivity (Wildman–Crippen MR) is 111 cm³/mol. The van der Waals surface area contributed by atoms with Crippen molar-refractivity contribution in [3.63, 3.8) is 0 Å². The van der Waals surface area contributed by atoms with E-state index in [1.165, 1.54) is 0 Å². The zero-order valence-corrected chi connectivity index (χ0v) is 15.4. The Morgan fingerprint density at radius 2 is 1.82 bits per heavy atom. The van der Waals surface area contributed by atoms with Gasteiger partial charge in [0.1, 0.15) is 5.69 Å². The van der Waals surface area contributed by atoms with Crippen molar-refractivity contribution in [1.29, 1.82) is 0 Å². The molecule has 2 atom stereocenters. The summed E-state index contributed by atoms with van der Waals surface area (Å²) in [6.07, 6.45) is 5.29. The second-order valence-electron chi connectivity index (χ2n) is 7.03. The molecular formula is C22H20N6. The number of aromatic amines is 1. The molecule has 28 heavy (non-hydrogen) atoms. The highest BCUT2D eigenvalue weighted by atomic mass is 15.3. The van der Waals surface area contributed by atoms with E-state index in [0.717, 1.165) is 38.8 Å². The zero-order chi connectivity index (χ0) is 19.1. The van der Waals surface area contributed by atoms with Gasteiger partial charge < -0.3 is 10.7 Å². The topological polar surface area (TPSA) is 85.4 Å². The van der Waals surface area contributed by atoms with Crippen molar-refractivity contribution in [1.82, 2.24) is 24.7 Å². The highest BCUT2D eigenvalue weighted by Crippen LogP contribution is 2.34. The zero-order valence-electron chi connectivity index (χ0n) is 15.4. The van der Waals surface area contributed by atoms with Gasteiger partial charge in [-0.1, -0.05) is 30.3 Å². The largest absolute Gasteiger partial charge is 0.345 e. The molecule has 0 radical (unpaired) electrons. The molecule has 0 aliphatic carbocycles. The number of benzene rings is 2. The van der Waals surface area contributed by atoms with E-state index in [1.807, 2.05) is 41.9 Å². The minimum atomic E-state index is -0.117. The Morgan fingerprint density at radius 3 is 2.57 bits per heavy atom. The van der Waals surface area contributed by atoms with E-state index in [-0.39, 0.29) is 12.1 Å². The molecule has 0 amide bonds. The normalized spacial score (nSPS) is 13.8. The Morgan fingerprint density at radius 1 is 1.04 bits per heavy atom. The number of nitrogens with two attached hydrogens (primary N) is 1. The van der Waals surface area contributed by atoms with E-state index in [9.17, 15) is 0 Å². The second-order valence-corrected chi connectivity index (χ2v) is 7.03. The maximum absolute atomic E-state index is 6.44. The van der Waals surface area contributed by atoms with Crippen LogP contribution in [0.4, 0.5) is 0 Å². The third-order valence-corrected chi connectivity index (χ3v) is 5.10. The van der Waals surface area contributed by atoms with Gasteiger partial charge in [0, 0.05) is 29.4 Å². The van der Waals surface area contributed by atoms with Gasteiger partial charge >= 0.3 is 0 Å². The smallest absolute Gasteiger partial charge is 0.100 e. The lowest BCUT2D eigenvalue weighted by molar-refractivity contribution is 0.467. The molecule has 0 saturated heterocycles. The van der Waals surface area contributed by atoms with Gasteiger partial charge in [-0.2, -0.15) is 5.10 Å². The number of nitrogens with one attached hydrogen (secondary N) is 1. The second kappa shape index (κ2) is 6.58. The number of imidazole rings is 1. The van der Waals surface area contributed by atoms with Crippen molar-refractivity contribution in [2.45, 2.75) is 19.0 Å². The fraction of sp³-hybridized carbons (Fsp3) is 0.136. The van der Waals surface area contributed by atoms with Gasteiger partial charge in [0.15, 0.2) is 0 Å². The van der Waals surface area contributed by atoms with Crippen LogP contribution in [-0.4, -0.2) is 30.8 Å². The van der Waals surface area contributed by atoms with Gasteiger partial charge in [0.2, 0.25) is 0 Å². The van der Waals surface area contributed by atoms with Gasteiger partial charge in [-0.25, -0.2) is 4.98 Å². The van der Waals surface area contributed by atoms with Crippen molar-refractivity contribution < 1.29 is 0 Å². The summed E-state index contributed by atoms with van der Waals surface area (Å²) in [4.78, 5) is 11.8. The molecule has 138 valence electrons. The number of aromatic nitrogens is 5. The molecule has 0 saturated carbocycles. The molecule has 3 aromatic heterocycles. The Labute approximate surface area is 162 Å². The Bertz CT molecular complexity index is 1240. The first kappa shape index (κ1) is 16.6. The quantitative estimate of drug-likeness (QED) is 0.504. The molecule has 0 aliphatic rings. The number of hydrogen-bond donors (Lipinski definition) is 2. The number of rotatable bonds is 4. The number of hydrogen-bond acceptors (Lipinski definition) is 4. The van der Waals surface area contributed by atoms with Crippen LogP contribution in [0.3, 0.4) is 0 Å². The summed E-state index contributed by atoms with van der Waals surface area (Å²) >= 11 is 0. The third kappa shape index (κ3) is 2.66. The number of nitrogens with zero attached hydrogens (tertiary/aromatic N) is 4. The van der Waals surface area contributed by atoms with Crippen molar-refractivity contribution >= 4 is 21.9 Å². The van der Waals surface area contributed by atoms with Crippen LogP contribution in [-0.2, 0) is 0 Å². The van der Waals surface area contributed by atoms with Gasteiger partial charge in [0.05, 0.1) is 28.9 Å². The lowest BCUT2D eigenvalue weighted by Gasteiger charge is -2.23. The first-order valence-corrected chi connectivity index (χ1v) is 9.28. The van der Waals surface area contributed by atoms with Crippen LogP contribution in [0.1, 0.15) is 18.5 Å². The van der Waals surface area contributed by atoms with E-state index >= 15 is 0 Å². The molecule has 0 fully saturated rings. The van der Waals surface area contributed by atoms with E-state index in [1.54, 1.807) is 18.7 Å². The standard InChI is InChI=1S/C22H20N6/c1-14(23)22(16-5-3-2-4-6-16)28-20-12-19-18(25-13-26-19)11-17(20)21(27-28)15-7-9-24-10-8-15/h2-14,22H,23H2,1H3,(H,25,26). The molecule has 0 bridgehead atoms. The Kier molecular flexibility index (Phi) is 3.91. The van der Waals surface area contributed by atoms with Crippen molar-refractivity contribution in [3.8, 4) is 11.3 Å². The predicted octanol–water partition coefficient (Wildman–Crippen LogP) is 3.91. The number of pyridine rings is 1. The molecule has 3 heterocycles. The first-order chi connectivity index (χ1) is 13.7. The first-order valence-electron chi connectivity index (χ1n) is 9.28. The SMILES string of the molecule is CC(N)C(c1ccccc1)n1nc(-c2ccncc2)c2cc3nc[nH]c3cc21. The summed E-state index contributed by atoms with van der Waals surface area (Å²) in [6.45, 7) is 2.02. The van der Waals surface area contributed by atoms with Gasteiger partial charge in [-0.05, 0) is 36.8 Å². The Balaban J connectivity index is 1.83. The van der Waals surface area contributed by atoms with E-state index in [4.69, 9.17) is 10.8 Å². The van der Waals surface area contributed by atoms with Crippen molar-refractivity contribution in [2.24, 2.45) is 5.73 Å². The monoisotopic (exact) mass is 368 g/mol. The third-order valence-electron chi connectivity index (χ3n) is 5.10. The summed E-state index contributed by atoms with van der Waals surface area (Å²) in [6, 6.07) is 18.2. The van der Waals surface area contributed by atoms with Crippen LogP contribution >= 0.6 is 0 Å². The average Bonchev–Trinajstić information content (AvgIpc) is 3.32. The summed E-state index contributed by atoms with van der Waals surface area (Å²) in [7, 11) is 0. The molecule has 3 N–H and O–H groups in total. The highest BCUT2D eigenvalue weighted by molar-refractivity contribution is 6.00. The van der Waals surface area contributed by atoms with Gasteiger partial charge in [0.25, 0.3) is 0 Å². The highest BCUT2D eigenvalue weighted by Gasteiger charge is 2.24. The minimum absolute atomic E-state index is 0.0836. The van der Waals surface area contributed by atoms with Crippen LogP contribution in [0.2, 0.25) is 0 Å². The van der Waals surface area contributed by atoms with E-state index in [0.29, 0.717) is 0 Å². The van der Waals surface area contributed by atoms with Crippen molar-refractivity contribution in [3.05, 3.63) is 78.9 Å². The lowest BCUT2D eigenvalue weighted by atomic mass is 10.0. The van der Waals surface area contributed by atoms with Crippen LogP contribution in [0, 0.1) is 0 Å². The van der Waals surface area contributed by atoms with Crippen LogP contribution in [0.15, 0.2) is 73.3 Å². The molecule has 0 aliphatic heterocycles. The van der Waals surface area contributed by atoms with Gasteiger partial charge in [-0.3, -0.25) is 9.67 Å².